The summed E-state index contributed by atoms with van der Waals surface area (Å²) in [5, 5.41) is 0. The van der Waals surface area contributed by atoms with Gasteiger partial charge in [0.25, 0.3) is 5.56 Å². The van der Waals surface area contributed by atoms with Gasteiger partial charge in [-0.1, -0.05) is 0 Å². The predicted octanol–water partition coefficient (Wildman–Crippen LogP) is 2.17. The molecule has 6 nitrogen and oxygen atoms in total. The molecular formula is C18H23N3O3. The molecular weight excluding hydrogens is 306 g/mol. The van der Waals surface area contributed by atoms with Crippen LogP contribution in [0.3, 0.4) is 0 Å². The average molecular weight is 329 g/mol. The van der Waals surface area contributed by atoms with E-state index in [-0.39, 0.29) is 12.2 Å². The van der Waals surface area contributed by atoms with E-state index >= 15 is 0 Å². The Morgan fingerprint density at radius 1 is 1.21 bits per heavy atom. The van der Waals surface area contributed by atoms with Crippen LogP contribution in [0.25, 0.3) is 0 Å². The molecule has 2 aromatic rings. The van der Waals surface area contributed by atoms with Crippen molar-refractivity contribution in [2.75, 3.05) is 27.2 Å². The van der Waals surface area contributed by atoms with E-state index in [0.29, 0.717) is 17.5 Å². The number of methoxy groups -OCH3 is 1. The van der Waals surface area contributed by atoms with Gasteiger partial charge in [-0.3, -0.25) is 4.79 Å². The Bertz CT molecular complexity index is 719. The molecule has 1 aliphatic rings. The first-order valence-electron chi connectivity index (χ1n) is 8.19. The lowest BCUT2D eigenvalue weighted by Crippen LogP contribution is -2.30. The van der Waals surface area contributed by atoms with Crippen LogP contribution in [0.15, 0.2) is 35.1 Å². The Morgan fingerprint density at radius 3 is 2.54 bits per heavy atom. The minimum atomic E-state index is -0.118. The summed E-state index contributed by atoms with van der Waals surface area (Å²) < 4.78 is 10.8. The van der Waals surface area contributed by atoms with Crippen molar-refractivity contribution in [1.82, 2.24) is 14.9 Å². The lowest BCUT2D eigenvalue weighted by molar-refractivity contribution is 0.251. The van der Waals surface area contributed by atoms with E-state index in [2.05, 4.69) is 21.9 Å². The van der Waals surface area contributed by atoms with Gasteiger partial charge in [0.05, 0.1) is 12.8 Å². The van der Waals surface area contributed by atoms with Gasteiger partial charge in [-0.2, -0.15) is 0 Å². The molecule has 0 aliphatic carbocycles. The number of piperidine rings is 1. The Hall–Kier alpha value is -2.34. The molecule has 0 saturated carbocycles. The van der Waals surface area contributed by atoms with Crippen molar-refractivity contribution in [3.63, 3.8) is 0 Å². The highest BCUT2D eigenvalue weighted by atomic mass is 16.5. The Morgan fingerprint density at radius 2 is 1.88 bits per heavy atom. The summed E-state index contributed by atoms with van der Waals surface area (Å²) in [6.45, 7) is 2.32. The molecule has 1 aromatic heterocycles. The second-order valence-electron chi connectivity index (χ2n) is 6.16. The third-order valence-electron chi connectivity index (χ3n) is 4.38. The third kappa shape index (κ3) is 4.14. The van der Waals surface area contributed by atoms with E-state index in [1.54, 1.807) is 13.2 Å². The number of nitrogens with one attached hydrogen (secondary N) is 1. The zero-order chi connectivity index (χ0) is 16.9. The van der Waals surface area contributed by atoms with Crippen molar-refractivity contribution < 1.29 is 9.47 Å². The van der Waals surface area contributed by atoms with Crippen LogP contribution in [0.4, 0.5) is 0 Å². The van der Waals surface area contributed by atoms with Gasteiger partial charge in [-0.05, 0) is 57.2 Å². The quantitative estimate of drug-likeness (QED) is 0.910. The van der Waals surface area contributed by atoms with Gasteiger partial charge in [0.1, 0.15) is 23.9 Å². The zero-order valence-electron chi connectivity index (χ0n) is 14.1. The number of likely N-dealkylation sites (tertiary alicyclic amines) is 1. The van der Waals surface area contributed by atoms with E-state index in [1.807, 2.05) is 24.3 Å². The van der Waals surface area contributed by atoms with E-state index in [9.17, 15) is 4.79 Å². The van der Waals surface area contributed by atoms with Crippen molar-refractivity contribution >= 4 is 0 Å². The number of nitrogens with zero attached hydrogens (tertiary/aromatic N) is 2. The Kier molecular flexibility index (Phi) is 5.15. The summed E-state index contributed by atoms with van der Waals surface area (Å²) in [4.78, 5) is 21.6. The van der Waals surface area contributed by atoms with Crippen LogP contribution >= 0.6 is 0 Å². The van der Waals surface area contributed by atoms with Crippen LogP contribution in [-0.4, -0.2) is 42.1 Å². The van der Waals surface area contributed by atoms with E-state index in [4.69, 9.17) is 9.47 Å². The number of aromatic nitrogens is 2. The van der Waals surface area contributed by atoms with Crippen molar-refractivity contribution in [2.45, 2.75) is 25.4 Å². The summed E-state index contributed by atoms with van der Waals surface area (Å²) in [5.41, 5.74) is 0.757. The van der Waals surface area contributed by atoms with Gasteiger partial charge >= 0.3 is 0 Å². The average Bonchev–Trinajstić information content (AvgIpc) is 2.60. The minimum absolute atomic E-state index is 0.118. The minimum Gasteiger partial charge on any atom is -0.497 e. The van der Waals surface area contributed by atoms with Crippen molar-refractivity contribution in [2.24, 2.45) is 0 Å². The summed E-state index contributed by atoms with van der Waals surface area (Å²) in [7, 11) is 3.74. The fourth-order valence-corrected chi connectivity index (χ4v) is 2.93. The van der Waals surface area contributed by atoms with Crippen LogP contribution in [0.5, 0.6) is 11.5 Å². The molecule has 1 aromatic carbocycles. The fourth-order valence-electron chi connectivity index (χ4n) is 2.93. The van der Waals surface area contributed by atoms with Gasteiger partial charge in [0, 0.05) is 12.0 Å². The monoisotopic (exact) mass is 329 g/mol. The Balaban J connectivity index is 1.68. The highest BCUT2D eigenvalue weighted by Crippen LogP contribution is 2.25. The maximum Gasteiger partial charge on any atom is 0.251 e. The molecule has 1 saturated heterocycles. The highest BCUT2D eigenvalue weighted by molar-refractivity contribution is 5.31. The summed E-state index contributed by atoms with van der Waals surface area (Å²) in [6.07, 6.45) is 2.07. The number of hydrogen-bond donors (Lipinski definition) is 1. The number of benzene rings is 1. The van der Waals surface area contributed by atoms with Crippen LogP contribution in [0.2, 0.25) is 0 Å². The number of ether oxygens (including phenoxy) is 2. The molecule has 1 N–H and O–H groups in total. The van der Waals surface area contributed by atoms with E-state index < -0.39 is 0 Å². The third-order valence-corrected chi connectivity index (χ3v) is 4.38. The van der Waals surface area contributed by atoms with Crippen LogP contribution in [0, 0.1) is 0 Å². The number of H-pyrrole nitrogens is 1. The molecule has 1 aliphatic heterocycles. The largest absolute Gasteiger partial charge is 0.497 e. The topological polar surface area (TPSA) is 67.5 Å². The molecule has 24 heavy (non-hydrogen) atoms. The molecule has 2 heterocycles. The molecule has 3 rings (SSSR count). The molecule has 128 valence electrons. The van der Waals surface area contributed by atoms with Crippen molar-refractivity contribution in [3.05, 3.63) is 52.2 Å². The number of hydrogen-bond acceptors (Lipinski definition) is 5. The van der Waals surface area contributed by atoms with Crippen LogP contribution in [0.1, 0.15) is 30.3 Å². The lowest BCUT2D eigenvalue weighted by Gasteiger charge is -2.28. The number of aromatic amines is 1. The van der Waals surface area contributed by atoms with Gasteiger partial charge < -0.3 is 19.4 Å². The summed E-state index contributed by atoms with van der Waals surface area (Å²) in [6, 6.07) is 8.95. The first kappa shape index (κ1) is 16.5. The van der Waals surface area contributed by atoms with E-state index in [0.717, 1.165) is 37.4 Å². The molecule has 1 fully saturated rings. The molecule has 0 amide bonds. The second kappa shape index (κ2) is 7.49. The lowest BCUT2D eigenvalue weighted by atomic mass is 9.93. The van der Waals surface area contributed by atoms with Gasteiger partial charge in [-0.15, -0.1) is 0 Å². The van der Waals surface area contributed by atoms with Crippen LogP contribution < -0.4 is 15.0 Å². The van der Waals surface area contributed by atoms with Crippen LogP contribution in [-0.2, 0) is 6.61 Å². The summed E-state index contributed by atoms with van der Waals surface area (Å²) in [5.74, 6) is 2.40. The van der Waals surface area contributed by atoms with Crippen molar-refractivity contribution in [1.29, 1.82) is 0 Å². The normalized spacial score (nSPS) is 16.1. The van der Waals surface area contributed by atoms with Gasteiger partial charge in [0.15, 0.2) is 0 Å². The van der Waals surface area contributed by atoms with Gasteiger partial charge in [0.2, 0.25) is 0 Å². The zero-order valence-corrected chi connectivity index (χ0v) is 14.1. The standard InChI is InChI=1S/C18H23N3O3/c1-21-9-7-13(8-10-21)16-11-18(22)20-17(19-16)12-24-15-5-3-14(23-2)4-6-15/h3-6,11,13H,7-10,12H2,1-2H3,(H,19,20,22). The molecule has 6 heteroatoms. The molecule has 0 spiro atoms. The molecule has 0 unspecified atom stereocenters. The van der Waals surface area contributed by atoms with Gasteiger partial charge in [-0.25, -0.2) is 4.98 Å². The smallest absolute Gasteiger partial charge is 0.251 e. The SMILES string of the molecule is COc1ccc(OCc2nc(C3CCN(C)CC3)cc(=O)[nH]2)cc1. The molecule has 0 atom stereocenters. The second-order valence-corrected chi connectivity index (χ2v) is 6.16. The van der Waals surface area contributed by atoms with E-state index in [1.165, 1.54) is 0 Å². The highest BCUT2D eigenvalue weighted by Gasteiger charge is 2.20. The number of rotatable bonds is 5. The maximum atomic E-state index is 11.9. The Labute approximate surface area is 141 Å². The maximum absolute atomic E-state index is 11.9. The summed E-state index contributed by atoms with van der Waals surface area (Å²) >= 11 is 0. The fraction of sp³-hybridized carbons (Fsp3) is 0.444. The first-order valence-corrected chi connectivity index (χ1v) is 8.19. The predicted molar refractivity (Wildman–Crippen MR) is 91.7 cm³/mol. The molecule has 0 bridgehead atoms. The first-order chi connectivity index (χ1) is 11.6. The van der Waals surface area contributed by atoms with Crippen molar-refractivity contribution in [3.8, 4) is 11.5 Å². The molecule has 0 radical (unpaired) electrons.